The highest BCUT2D eigenvalue weighted by Crippen LogP contribution is 2.43. The van der Waals surface area contributed by atoms with Crippen molar-refractivity contribution in [3.8, 4) is 17.1 Å². The van der Waals surface area contributed by atoms with Gasteiger partial charge in [0.1, 0.15) is 18.0 Å². The van der Waals surface area contributed by atoms with Gasteiger partial charge in [-0.3, -0.25) is 4.79 Å². The van der Waals surface area contributed by atoms with Crippen molar-refractivity contribution in [2.75, 3.05) is 44.7 Å². The van der Waals surface area contributed by atoms with Crippen LogP contribution in [0.5, 0.6) is 6.01 Å². The number of aromatic nitrogens is 2. The Bertz CT molecular complexity index is 1860. The zero-order valence-electron chi connectivity index (χ0n) is 24.4. The molecule has 2 aromatic heterocycles. The molecule has 2 atom stereocenters. The number of nitrogens with zero attached hydrogens (tertiary/aromatic N) is 5. The molecule has 2 aliphatic rings. The van der Waals surface area contributed by atoms with Crippen LogP contribution < -0.4 is 9.64 Å². The molecule has 43 heavy (non-hydrogen) atoms. The molecule has 9 heteroatoms. The molecule has 7 rings (SSSR count). The molecule has 1 amide bonds. The Morgan fingerprint density at radius 1 is 1.12 bits per heavy atom. The van der Waals surface area contributed by atoms with Crippen molar-refractivity contribution in [2.45, 2.75) is 31.8 Å². The van der Waals surface area contributed by atoms with E-state index in [0.717, 1.165) is 63.4 Å². The number of carbonyl (C=O) groups is 1. The summed E-state index contributed by atoms with van der Waals surface area (Å²) in [6, 6.07) is 17.0. The Hall–Kier alpha value is -4.14. The lowest BCUT2D eigenvalue weighted by molar-refractivity contribution is -0.126. The summed E-state index contributed by atoms with van der Waals surface area (Å²) in [5.74, 6) is 0.691. The van der Waals surface area contributed by atoms with E-state index in [2.05, 4.69) is 54.6 Å². The van der Waals surface area contributed by atoms with Gasteiger partial charge < -0.3 is 23.9 Å². The number of likely N-dealkylation sites (tertiary alicyclic amines) is 1. The molecule has 2 fully saturated rings. The molecule has 0 bridgehead atoms. The van der Waals surface area contributed by atoms with Gasteiger partial charge in [0.2, 0.25) is 5.91 Å². The maximum Gasteiger partial charge on any atom is 0.319 e. The third-order valence-corrected chi connectivity index (χ3v) is 9.28. The fraction of sp³-hybridized carbons (Fsp3) is 0.324. The first kappa shape index (κ1) is 27.7. The molecule has 0 N–H and O–H groups in total. The lowest BCUT2D eigenvalue weighted by atomic mass is 9.94. The van der Waals surface area contributed by atoms with Crippen LogP contribution >= 0.6 is 11.6 Å². The smallest absolute Gasteiger partial charge is 0.319 e. The number of carbonyl (C=O) groups excluding carboxylic acids is 1. The first-order valence-corrected chi connectivity index (χ1v) is 15.2. The molecule has 4 heterocycles. The highest BCUT2D eigenvalue weighted by molar-refractivity contribution is 6.37. The highest BCUT2D eigenvalue weighted by Gasteiger charge is 2.31. The Balaban J connectivity index is 1.40. The third-order valence-electron chi connectivity index (χ3n) is 8.97. The molecule has 220 valence electrons. The second kappa shape index (κ2) is 11.2. The number of amides is 1. The number of piperazine rings is 1. The SMILES string of the molecule is C=CC(=O)N1CCN(c2nc(OCC3CCCN3C)nc3cc(-c4cccc5cccc(Cl)c45)c4ccoc4c23)C(C)C1. The predicted molar refractivity (Wildman–Crippen MR) is 172 cm³/mol. The minimum atomic E-state index is -0.0597. The molecular weight excluding hydrogens is 562 g/mol. The van der Waals surface area contributed by atoms with E-state index in [1.165, 1.54) is 6.08 Å². The molecule has 0 aliphatic carbocycles. The summed E-state index contributed by atoms with van der Waals surface area (Å²) >= 11 is 6.77. The van der Waals surface area contributed by atoms with E-state index in [0.29, 0.717) is 48.9 Å². The van der Waals surface area contributed by atoms with E-state index in [-0.39, 0.29) is 11.9 Å². The summed E-state index contributed by atoms with van der Waals surface area (Å²) in [5, 5.41) is 4.53. The first-order chi connectivity index (χ1) is 20.9. The number of furan rings is 1. The Morgan fingerprint density at radius 3 is 2.72 bits per heavy atom. The first-order valence-electron chi connectivity index (χ1n) is 14.8. The normalized spacial score (nSPS) is 19.5. The van der Waals surface area contributed by atoms with Crippen molar-refractivity contribution in [1.82, 2.24) is 19.8 Å². The largest absolute Gasteiger partial charge is 0.463 e. The van der Waals surface area contributed by atoms with Crippen molar-refractivity contribution in [1.29, 1.82) is 0 Å². The van der Waals surface area contributed by atoms with Crippen LogP contribution in [0.1, 0.15) is 19.8 Å². The molecule has 2 unspecified atom stereocenters. The van der Waals surface area contributed by atoms with Gasteiger partial charge in [-0.1, -0.05) is 48.5 Å². The summed E-state index contributed by atoms with van der Waals surface area (Å²) in [7, 11) is 2.13. The summed E-state index contributed by atoms with van der Waals surface area (Å²) in [6.07, 6.45) is 5.34. The number of halogens is 1. The second-order valence-corrected chi connectivity index (χ2v) is 12.0. The van der Waals surface area contributed by atoms with E-state index < -0.39 is 0 Å². The monoisotopic (exact) mass is 595 g/mol. The Kier molecular flexibility index (Phi) is 7.19. The summed E-state index contributed by atoms with van der Waals surface area (Å²) < 4.78 is 12.5. The van der Waals surface area contributed by atoms with E-state index in [1.807, 2.05) is 29.2 Å². The van der Waals surface area contributed by atoms with Gasteiger partial charge in [-0.2, -0.15) is 9.97 Å². The van der Waals surface area contributed by atoms with Gasteiger partial charge in [-0.05, 0) is 74.1 Å². The minimum Gasteiger partial charge on any atom is -0.463 e. The topological polar surface area (TPSA) is 74.9 Å². The van der Waals surface area contributed by atoms with E-state index in [1.54, 1.807) is 6.26 Å². The van der Waals surface area contributed by atoms with Gasteiger partial charge >= 0.3 is 6.01 Å². The molecule has 2 saturated heterocycles. The van der Waals surface area contributed by atoms with Crippen LogP contribution in [0.2, 0.25) is 5.02 Å². The number of fused-ring (bicyclic) bond motifs is 4. The summed E-state index contributed by atoms with van der Waals surface area (Å²) in [4.78, 5) is 28.8. The van der Waals surface area contributed by atoms with Crippen molar-refractivity contribution in [3.05, 3.63) is 72.5 Å². The minimum absolute atomic E-state index is 0.00567. The third kappa shape index (κ3) is 4.88. The van der Waals surface area contributed by atoms with Crippen molar-refractivity contribution < 1.29 is 13.9 Å². The number of hydrogen-bond acceptors (Lipinski definition) is 7. The number of benzene rings is 3. The number of ether oxygens (including phenoxy) is 1. The lowest BCUT2D eigenvalue weighted by Crippen LogP contribution is -2.53. The molecule has 0 spiro atoms. The van der Waals surface area contributed by atoms with Gasteiger partial charge in [0, 0.05) is 47.5 Å². The van der Waals surface area contributed by atoms with Crippen molar-refractivity contribution in [2.24, 2.45) is 0 Å². The zero-order valence-corrected chi connectivity index (χ0v) is 25.2. The fourth-order valence-electron chi connectivity index (χ4n) is 6.67. The summed E-state index contributed by atoms with van der Waals surface area (Å²) in [6.45, 7) is 9.10. The van der Waals surface area contributed by atoms with Gasteiger partial charge in [-0.25, -0.2) is 0 Å². The lowest BCUT2D eigenvalue weighted by Gasteiger charge is -2.40. The fourth-order valence-corrected chi connectivity index (χ4v) is 6.96. The highest BCUT2D eigenvalue weighted by atomic mass is 35.5. The standard InChI is InChI=1S/C34H34ClN5O3/c1-4-29(41)39-15-16-40(21(2)19-39)33-31-28(36-34(37-33)43-20-23-10-7-14-38(23)3)18-26(25-13-17-42-32(25)31)24-11-5-8-22-9-6-12-27(35)30(22)24/h4-6,8-9,11-13,17-18,21,23H,1,7,10,14-16,19-20H2,2-3H3. The predicted octanol–water partition coefficient (Wildman–Crippen LogP) is 6.55. The van der Waals surface area contributed by atoms with E-state index in [4.69, 9.17) is 30.7 Å². The van der Waals surface area contributed by atoms with E-state index in [9.17, 15) is 4.79 Å². The average Bonchev–Trinajstić information content (AvgIpc) is 3.67. The van der Waals surface area contributed by atoms with E-state index >= 15 is 0 Å². The molecule has 8 nitrogen and oxygen atoms in total. The van der Waals surface area contributed by atoms with Gasteiger partial charge in [0.25, 0.3) is 0 Å². The van der Waals surface area contributed by atoms with Crippen LogP contribution in [0.4, 0.5) is 5.82 Å². The maximum absolute atomic E-state index is 12.4. The van der Waals surface area contributed by atoms with Crippen LogP contribution in [0, 0.1) is 0 Å². The van der Waals surface area contributed by atoms with Crippen LogP contribution in [0.3, 0.4) is 0 Å². The van der Waals surface area contributed by atoms with Gasteiger partial charge in [0.15, 0.2) is 0 Å². The van der Waals surface area contributed by atoms with Gasteiger partial charge in [-0.15, -0.1) is 0 Å². The second-order valence-electron chi connectivity index (χ2n) is 11.6. The zero-order chi connectivity index (χ0) is 29.7. The molecule has 0 radical (unpaired) electrons. The number of hydrogen-bond donors (Lipinski definition) is 0. The molecule has 0 saturated carbocycles. The molecule has 3 aromatic carbocycles. The van der Waals surface area contributed by atoms with Crippen LogP contribution in [0.15, 0.2) is 71.9 Å². The quantitative estimate of drug-likeness (QED) is 0.206. The Morgan fingerprint density at radius 2 is 1.95 bits per heavy atom. The van der Waals surface area contributed by atoms with Crippen LogP contribution in [-0.2, 0) is 4.79 Å². The number of anilines is 1. The molecular formula is C34H34ClN5O3. The van der Waals surface area contributed by atoms with Gasteiger partial charge in [0.05, 0.1) is 17.2 Å². The van der Waals surface area contributed by atoms with Crippen LogP contribution in [-0.4, -0.2) is 77.6 Å². The number of rotatable bonds is 6. The van der Waals surface area contributed by atoms with Crippen molar-refractivity contribution in [3.63, 3.8) is 0 Å². The Labute approximate surface area is 255 Å². The maximum atomic E-state index is 12.4. The molecule has 2 aliphatic heterocycles. The number of likely N-dealkylation sites (N-methyl/N-ethyl adjacent to an activating group) is 1. The summed E-state index contributed by atoms with van der Waals surface area (Å²) in [5.41, 5.74) is 3.44. The van der Waals surface area contributed by atoms with Crippen molar-refractivity contribution >= 4 is 56.0 Å². The average molecular weight is 596 g/mol. The molecule has 5 aromatic rings. The van der Waals surface area contributed by atoms with Crippen LogP contribution in [0.25, 0.3) is 43.8 Å².